The van der Waals surface area contributed by atoms with Crippen LogP contribution in [-0.4, -0.2) is 23.2 Å². The van der Waals surface area contributed by atoms with Gasteiger partial charge in [0.05, 0.1) is 17.9 Å². The van der Waals surface area contributed by atoms with Crippen LogP contribution in [0.5, 0.6) is 5.75 Å². The van der Waals surface area contributed by atoms with Crippen molar-refractivity contribution in [2.24, 2.45) is 0 Å². The fourth-order valence-corrected chi connectivity index (χ4v) is 1.89. The van der Waals surface area contributed by atoms with Gasteiger partial charge in [-0.2, -0.15) is 13.2 Å². The summed E-state index contributed by atoms with van der Waals surface area (Å²) >= 11 is -0.420. The number of rotatable bonds is 4. The van der Waals surface area contributed by atoms with E-state index in [1.54, 1.807) is 6.92 Å². The molecule has 1 aromatic carbocycles. The molecule has 0 unspecified atom stereocenters. The van der Waals surface area contributed by atoms with Crippen molar-refractivity contribution in [2.75, 3.05) is 6.61 Å². The third-order valence-electron chi connectivity index (χ3n) is 1.90. The van der Waals surface area contributed by atoms with E-state index >= 15 is 0 Å². The minimum Gasteiger partial charge on any atom is -0.507 e. The summed E-state index contributed by atoms with van der Waals surface area (Å²) in [4.78, 5) is 10.9. The highest BCUT2D eigenvalue weighted by molar-refractivity contribution is 8.00. The van der Waals surface area contributed by atoms with Crippen LogP contribution in [0.2, 0.25) is 0 Å². The highest BCUT2D eigenvalue weighted by atomic mass is 32.2. The van der Waals surface area contributed by atoms with Crippen LogP contribution in [0.25, 0.3) is 0 Å². The lowest BCUT2D eigenvalue weighted by Crippen LogP contribution is -2.07. The van der Waals surface area contributed by atoms with E-state index < -0.39 is 29.0 Å². The number of carbonyl (C=O) groups excluding carboxylic acids is 1. The predicted molar refractivity (Wildman–Crippen MR) is 60.4 cm³/mol. The molecule has 0 aromatic heterocycles. The Morgan fingerprint density at radius 3 is 2.67 bits per heavy atom. The molecule has 0 fully saturated rings. The first-order valence-corrected chi connectivity index (χ1v) is 5.86. The number of thioether (sulfide) groups is 1. The van der Waals surface area contributed by atoms with E-state index in [1.165, 1.54) is 6.07 Å². The molecule has 0 saturated heterocycles. The van der Waals surface area contributed by atoms with Crippen LogP contribution in [0.1, 0.15) is 12.5 Å². The molecule has 0 heterocycles. The number of esters is 1. The normalized spacial score (nSPS) is 11.3. The molecule has 18 heavy (non-hydrogen) atoms. The standard InChI is InChI=1S/C11H11F3O3S/c1-2-17-10(16)6-7-3-4-8(15)9(5-7)18-11(12,13)14/h3-5,15H,2,6H2,1H3. The van der Waals surface area contributed by atoms with Gasteiger partial charge in [-0.3, -0.25) is 4.79 Å². The Balaban J connectivity index is 2.84. The summed E-state index contributed by atoms with van der Waals surface area (Å²) in [6.07, 6.45) is -0.125. The predicted octanol–water partition coefficient (Wildman–Crippen LogP) is 3.11. The third-order valence-corrected chi connectivity index (χ3v) is 2.68. The number of benzene rings is 1. The van der Waals surface area contributed by atoms with Gasteiger partial charge in [0.25, 0.3) is 0 Å². The van der Waals surface area contributed by atoms with Gasteiger partial charge >= 0.3 is 11.5 Å². The molecule has 1 rings (SSSR count). The topological polar surface area (TPSA) is 46.5 Å². The molecular formula is C11H11F3O3S. The van der Waals surface area contributed by atoms with Crippen LogP contribution >= 0.6 is 11.8 Å². The molecule has 1 N–H and O–H groups in total. The molecule has 0 aliphatic heterocycles. The van der Waals surface area contributed by atoms with Gasteiger partial charge in [0.15, 0.2) is 0 Å². The number of ether oxygens (including phenoxy) is 1. The maximum Gasteiger partial charge on any atom is 0.446 e. The van der Waals surface area contributed by atoms with Crippen LogP contribution in [0.3, 0.4) is 0 Å². The van der Waals surface area contributed by atoms with E-state index in [0.717, 1.165) is 12.1 Å². The quantitative estimate of drug-likeness (QED) is 0.680. The second-order valence-electron chi connectivity index (χ2n) is 3.33. The van der Waals surface area contributed by atoms with Gasteiger partial charge in [-0.1, -0.05) is 6.07 Å². The molecule has 1 aromatic rings. The van der Waals surface area contributed by atoms with Gasteiger partial charge in [-0.05, 0) is 36.4 Å². The zero-order valence-electron chi connectivity index (χ0n) is 9.45. The van der Waals surface area contributed by atoms with Gasteiger partial charge in [-0.25, -0.2) is 0 Å². The molecular weight excluding hydrogens is 269 g/mol. The van der Waals surface area contributed by atoms with E-state index in [4.69, 9.17) is 0 Å². The number of aromatic hydroxyl groups is 1. The zero-order valence-corrected chi connectivity index (χ0v) is 10.3. The number of hydrogen-bond acceptors (Lipinski definition) is 4. The Kier molecular flexibility index (Phi) is 4.89. The van der Waals surface area contributed by atoms with Crippen LogP contribution in [0.4, 0.5) is 13.2 Å². The fraction of sp³-hybridized carbons (Fsp3) is 0.364. The van der Waals surface area contributed by atoms with E-state index in [1.807, 2.05) is 0 Å². The van der Waals surface area contributed by atoms with Crippen LogP contribution < -0.4 is 0 Å². The molecule has 0 amide bonds. The first-order chi connectivity index (χ1) is 8.31. The van der Waals surface area contributed by atoms with E-state index in [2.05, 4.69) is 4.74 Å². The second kappa shape index (κ2) is 5.99. The summed E-state index contributed by atoms with van der Waals surface area (Å²) in [5, 5.41) is 9.30. The lowest BCUT2D eigenvalue weighted by molar-refractivity contribution is -0.142. The molecule has 0 aliphatic carbocycles. The average Bonchev–Trinajstić information content (AvgIpc) is 2.21. The number of carbonyl (C=O) groups is 1. The molecule has 0 radical (unpaired) electrons. The number of alkyl halides is 3. The molecule has 3 nitrogen and oxygen atoms in total. The van der Waals surface area contributed by atoms with E-state index in [0.29, 0.717) is 5.56 Å². The van der Waals surface area contributed by atoms with Gasteiger partial charge < -0.3 is 9.84 Å². The highest BCUT2D eigenvalue weighted by Gasteiger charge is 2.30. The lowest BCUT2D eigenvalue weighted by atomic mass is 10.1. The molecule has 0 bridgehead atoms. The van der Waals surface area contributed by atoms with Gasteiger partial charge in [0, 0.05) is 0 Å². The Morgan fingerprint density at radius 2 is 2.11 bits per heavy atom. The van der Waals surface area contributed by atoms with Crippen LogP contribution in [0, 0.1) is 0 Å². The van der Waals surface area contributed by atoms with E-state index in [9.17, 15) is 23.1 Å². The Hall–Kier alpha value is -1.37. The molecule has 100 valence electrons. The van der Waals surface area contributed by atoms with E-state index in [-0.39, 0.29) is 17.9 Å². The number of phenolic OH excluding ortho intramolecular Hbond substituents is 1. The number of halogens is 3. The van der Waals surface area contributed by atoms with Crippen molar-refractivity contribution in [3.05, 3.63) is 23.8 Å². The van der Waals surface area contributed by atoms with Crippen molar-refractivity contribution >= 4 is 17.7 Å². The fourth-order valence-electron chi connectivity index (χ4n) is 1.25. The van der Waals surface area contributed by atoms with Gasteiger partial charge in [-0.15, -0.1) is 0 Å². The lowest BCUT2D eigenvalue weighted by Gasteiger charge is -2.09. The summed E-state index contributed by atoms with van der Waals surface area (Å²) < 4.78 is 41.3. The minimum absolute atomic E-state index is 0.125. The maximum atomic E-state index is 12.2. The summed E-state index contributed by atoms with van der Waals surface area (Å²) in [5.41, 5.74) is -4.13. The van der Waals surface area contributed by atoms with Crippen LogP contribution in [0.15, 0.2) is 23.1 Å². The third kappa shape index (κ3) is 4.87. The zero-order chi connectivity index (χ0) is 13.8. The molecule has 7 heteroatoms. The summed E-state index contributed by atoms with van der Waals surface area (Å²) in [7, 11) is 0. The molecule has 0 aliphatic rings. The monoisotopic (exact) mass is 280 g/mol. The summed E-state index contributed by atoms with van der Waals surface area (Å²) in [5.74, 6) is -0.990. The second-order valence-corrected chi connectivity index (χ2v) is 4.44. The number of hydrogen-bond donors (Lipinski definition) is 1. The SMILES string of the molecule is CCOC(=O)Cc1ccc(O)c(SC(F)(F)F)c1. The first-order valence-electron chi connectivity index (χ1n) is 5.05. The smallest absolute Gasteiger partial charge is 0.446 e. The summed E-state index contributed by atoms with van der Waals surface area (Å²) in [6.45, 7) is 1.85. The largest absolute Gasteiger partial charge is 0.507 e. The molecule has 0 saturated carbocycles. The average molecular weight is 280 g/mol. The summed E-state index contributed by atoms with van der Waals surface area (Å²) in [6, 6.07) is 3.64. The maximum absolute atomic E-state index is 12.2. The highest BCUT2D eigenvalue weighted by Crippen LogP contribution is 2.41. The Bertz CT molecular complexity index is 432. The van der Waals surface area contributed by atoms with Crippen molar-refractivity contribution in [1.29, 1.82) is 0 Å². The minimum atomic E-state index is -4.49. The van der Waals surface area contributed by atoms with Crippen LogP contribution in [-0.2, 0) is 16.0 Å². The van der Waals surface area contributed by atoms with Crippen molar-refractivity contribution in [1.82, 2.24) is 0 Å². The Morgan fingerprint density at radius 1 is 1.44 bits per heavy atom. The van der Waals surface area contributed by atoms with Crippen molar-refractivity contribution in [3.63, 3.8) is 0 Å². The van der Waals surface area contributed by atoms with Crippen molar-refractivity contribution in [2.45, 2.75) is 23.7 Å². The first kappa shape index (κ1) is 14.7. The van der Waals surface area contributed by atoms with Gasteiger partial charge in [0.2, 0.25) is 0 Å². The van der Waals surface area contributed by atoms with Gasteiger partial charge in [0.1, 0.15) is 5.75 Å². The molecule has 0 spiro atoms. The number of phenols is 1. The van der Waals surface area contributed by atoms with Crippen molar-refractivity contribution in [3.8, 4) is 5.75 Å². The Labute approximate surface area is 106 Å². The molecule has 0 atom stereocenters. The van der Waals surface area contributed by atoms with Crippen molar-refractivity contribution < 1.29 is 27.8 Å².